The number of anilines is 1. The molecule has 178 valence electrons. The molecule has 0 saturated carbocycles. The number of alkyl halides is 3. The molecule has 2 N–H and O–H groups in total. The van der Waals surface area contributed by atoms with Gasteiger partial charge in [0.05, 0.1) is 18.4 Å². The summed E-state index contributed by atoms with van der Waals surface area (Å²) in [6.45, 7) is 1.77. The lowest BCUT2D eigenvalue weighted by Gasteiger charge is -2.15. The van der Waals surface area contributed by atoms with Gasteiger partial charge in [-0.25, -0.2) is 0 Å². The van der Waals surface area contributed by atoms with Gasteiger partial charge in [-0.3, -0.25) is 9.59 Å². The molecule has 3 rings (SSSR count). The van der Waals surface area contributed by atoms with Gasteiger partial charge >= 0.3 is 6.18 Å². The minimum Gasteiger partial charge on any atom is -0.493 e. The van der Waals surface area contributed by atoms with Crippen molar-refractivity contribution in [2.45, 2.75) is 19.6 Å². The van der Waals surface area contributed by atoms with Crippen molar-refractivity contribution in [3.8, 4) is 11.5 Å². The number of hydrogen-bond acceptors (Lipinski definition) is 4. The van der Waals surface area contributed by atoms with Gasteiger partial charge in [-0.2, -0.15) is 13.2 Å². The molecule has 3 aromatic carbocycles. The Labute approximate surface area is 194 Å². The van der Waals surface area contributed by atoms with Crippen LogP contribution in [0.3, 0.4) is 0 Å². The summed E-state index contributed by atoms with van der Waals surface area (Å²) in [6.07, 6.45) is -4.61. The highest BCUT2D eigenvalue weighted by Gasteiger charge is 2.33. The largest absolute Gasteiger partial charge is 0.493 e. The first-order valence-electron chi connectivity index (χ1n) is 10.3. The summed E-state index contributed by atoms with van der Waals surface area (Å²) in [4.78, 5) is 24.7. The lowest BCUT2D eigenvalue weighted by molar-refractivity contribution is -0.137. The summed E-state index contributed by atoms with van der Waals surface area (Å²) >= 11 is 0. The number of para-hydroxylation sites is 1. The fraction of sp³-hybridized carbons (Fsp3) is 0.200. The zero-order valence-electron chi connectivity index (χ0n) is 18.5. The average Bonchev–Trinajstić information content (AvgIpc) is 2.81. The molecule has 0 bridgehead atoms. The summed E-state index contributed by atoms with van der Waals surface area (Å²) < 4.78 is 49.9. The quantitative estimate of drug-likeness (QED) is 0.485. The normalized spacial score (nSPS) is 11.0. The molecule has 9 heteroatoms. The second kappa shape index (κ2) is 10.7. The number of amides is 2. The fourth-order valence-corrected chi connectivity index (χ4v) is 3.09. The van der Waals surface area contributed by atoms with Crippen LogP contribution in [0.2, 0.25) is 0 Å². The van der Waals surface area contributed by atoms with Crippen LogP contribution in [0.4, 0.5) is 18.9 Å². The van der Waals surface area contributed by atoms with Crippen LogP contribution in [0.5, 0.6) is 11.5 Å². The summed E-state index contributed by atoms with van der Waals surface area (Å²) in [5.41, 5.74) is 1.07. The Balaban J connectivity index is 1.61. The van der Waals surface area contributed by atoms with Crippen LogP contribution in [-0.2, 0) is 17.5 Å². The van der Waals surface area contributed by atoms with Gasteiger partial charge in [0.15, 0.2) is 18.1 Å². The Morgan fingerprint density at radius 3 is 2.32 bits per heavy atom. The molecule has 6 nitrogen and oxygen atoms in total. The second-order valence-corrected chi connectivity index (χ2v) is 7.41. The molecule has 0 aliphatic heterocycles. The number of nitrogens with one attached hydrogen (secondary N) is 2. The van der Waals surface area contributed by atoms with E-state index < -0.39 is 24.3 Å². The van der Waals surface area contributed by atoms with Crippen molar-refractivity contribution >= 4 is 17.5 Å². The van der Waals surface area contributed by atoms with Gasteiger partial charge in [0.25, 0.3) is 11.8 Å². The highest BCUT2D eigenvalue weighted by molar-refractivity contribution is 5.95. The molecule has 0 fully saturated rings. The van der Waals surface area contributed by atoms with E-state index >= 15 is 0 Å². The average molecular weight is 472 g/mol. The Morgan fingerprint density at radius 2 is 1.65 bits per heavy atom. The lowest BCUT2D eigenvalue weighted by Crippen LogP contribution is -2.23. The van der Waals surface area contributed by atoms with E-state index in [2.05, 4.69) is 10.6 Å². The van der Waals surface area contributed by atoms with Crippen LogP contribution in [0, 0.1) is 6.92 Å². The summed E-state index contributed by atoms with van der Waals surface area (Å²) in [5.74, 6) is -0.742. The SMILES string of the molecule is COc1cc(C(=O)NCc2ccc(C)cc2)ccc1OCC(=O)Nc1ccccc1C(F)(F)F. The Kier molecular flexibility index (Phi) is 7.78. The van der Waals surface area contributed by atoms with Crippen molar-refractivity contribution in [3.05, 3.63) is 89.0 Å². The molecule has 0 spiro atoms. The predicted octanol–water partition coefficient (Wildman–Crippen LogP) is 4.97. The number of aryl methyl sites for hydroxylation is 1. The lowest BCUT2D eigenvalue weighted by atomic mass is 10.1. The molecule has 0 aromatic heterocycles. The molecule has 0 saturated heterocycles. The van der Waals surface area contributed by atoms with E-state index in [1.165, 1.54) is 37.4 Å². The molecule has 3 aromatic rings. The highest BCUT2D eigenvalue weighted by atomic mass is 19.4. The van der Waals surface area contributed by atoms with Crippen LogP contribution in [0.1, 0.15) is 27.0 Å². The van der Waals surface area contributed by atoms with Crippen LogP contribution >= 0.6 is 0 Å². The maximum atomic E-state index is 13.1. The molecular weight excluding hydrogens is 449 g/mol. The van der Waals surface area contributed by atoms with Crippen LogP contribution in [-0.4, -0.2) is 25.5 Å². The van der Waals surface area contributed by atoms with Gasteiger partial charge in [-0.15, -0.1) is 0 Å². The first kappa shape index (κ1) is 24.6. The van der Waals surface area contributed by atoms with Crippen molar-refractivity contribution in [2.24, 2.45) is 0 Å². The predicted molar refractivity (Wildman–Crippen MR) is 121 cm³/mol. The molecule has 0 aliphatic rings. The number of halogens is 3. The third-order valence-corrected chi connectivity index (χ3v) is 4.86. The zero-order chi connectivity index (χ0) is 24.7. The maximum absolute atomic E-state index is 13.1. The van der Waals surface area contributed by atoms with Crippen molar-refractivity contribution in [3.63, 3.8) is 0 Å². The summed E-state index contributed by atoms with van der Waals surface area (Å²) in [7, 11) is 1.37. The van der Waals surface area contributed by atoms with Gasteiger partial charge in [-0.1, -0.05) is 42.0 Å². The van der Waals surface area contributed by atoms with E-state index in [4.69, 9.17) is 9.47 Å². The number of rotatable bonds is 8. The van der Waals surface area contributed by atoms with Gasteiger partial charge in [-0.05, 0) is 42.8 Å². The standard InChI is InChI=1S/C25H23F3N2O4/c1-16-7-9-17(10-8-16)14-29-24(32)18-11-12-21(22(13-18)33-2)34-15-23(31)30-20-6-4-3-5-19(20)25(26,27)28/h3-13H,14-15H2,1-2H3,(H,29,32)(H,30,31). The molecule has 0 unspecified atom stereocenters. The van der Waals surface area contributed by atoms with Crippen molar-refractivity contribution in [1.82, 2.24) is 5.32 Å². The number of hydrogen-bond donors (Lipinski definition) is 2. The molecule has 0 atom stereocenters. The van der Waals surface area contributed by atoms with E-state index in [0.29, 0.717) is 12.1 Å². The van der Waals surface area contributed by atoms with Crippen molar-refractivity contribution < 1.29 is 32.2 Å². The van der Waals surface area contributed by atoms with Crippen LogP contribution in [0.15, 0.2) is 66.7 Å². The molecule has 0 heterocycles. The highest BCUT2D eigenvalue weighted by Crippen LogP contribution is 2.34. The van der Waals surface area contributed by atoms with E-state index in [1.807, 2.05) is 31.2 Å². The number of carbonyl (C=O) groups is 2. The molecule has 2 amide bonds. The first-order valence-corrected chi connectivity index (χ1v) is 10.3. The van der Waals surface area contributed by atoms with Gasteiger partial charge in [0.2, 0.25) is 0 Å². The minimum absolute atomic E-state index is 0.164. The third-order valence-electron chi connectivity index (χ3n) is 4.86. The Bertz CT molecular complexity index is 1160. The summed E-state index contributed by atoms with van der Waals surface area (Å²) in [5, 5.41) is 5.01. The maximum Gasteiger partial charge on any atom is 0.418 e. The Morgan fingerprint density at radius 1 is 0.941 bits per heavy atom. The Hall–Kier alpha value is -4.01. The minimum atomic E-state index is -4.61. The molecule has 0 aliphatic carbocycles. The third kappa shape index (κ3) is 6.50. The number of methoxy groups -OCH3 is 1. The van der Waals surface area contributed by atoms with E-state index in [-0.39, 0.29) is 23.1 Å². The van der Waals surface area contributed by atoms with Gasteiger partial charge in [0, 0.05) is 12.1 Å². The topological polar surface area (TPSA) is 76.7 Å². The van der Waals surface area contributed by atoms with E-state index in [0.717, 1.165) is 23.3 Å². The number of benzene rings is 3. The number of ether oxygens (including phenoxy) is 2. The fourth-order valence-electron chi connectivity index (χ4n) is 3.09. The second-order valence-electron chi connectivity index (χ2n) is 7.41. The summed E-state index contributed by atoms with van der Waals surface area (Å²) in [6, 6.07) is 16.8. The van der Waals surface area contributed by atoms with E-state index in [1.54, 1.807) is 0 Å². The van der Waals surface area contributed by atoms with Crippen molar-refractivity contribution in [2.75, 3.05) is 19.0 Å². The van der Waals surface area contributed by atoms with Gasteiger partial charge < -0.3 is 20.1 Å². The number of carbonyl (C=O) groups excluding carboxylic acids is 2. The zero-order valence-corrected chi connectivity index (χ0v) is 18.5. The monoisotopic (exact) mass is 472 g/mol. The van der Waals surface area contributed by atoms with E-state index in [9.17, 15) is 22.8 Å². The van der Waals surface area contributed by atoms with Crippen molar-refractivity contribution in [1.29, 1.82) is 0 Å². The van der Waals surface area contributed by atoms with Crippen LogP contribution in [0.25, 0.3) is 0 Å². The smallest absolute Gasteiger partial charge is 0.418 e. The molecule has 0 radical (unpaired) electrons. The molecular formula is C25H23F3N2O4. The van der Waals surface area contributed by atoms with Crippen LogP contribution < -0.4 is 20.1 Å². The first-order chi connectivity index (χ1) is 16.2. The molecule has 34 heavy (non-hydrogen) atoms. The van der Waals surface area contributed by atoms with Gasteiger partial charge in [0.1, 0.15) is 0 Å².